The Morgan fingerprint density at radius 2 is 1.74 bits per heavy atom. The third-order valence-corrected chi connectivity index (χ3v) is 6.49. The summed E-state index contributed by atoms with van der Waals surface area (Å²) in [4.78, 5) is 26.2. The zero-order valence-electron chi connectivity index (χ0n) is 18.2. The molecule has 2 saturated heterocycles. The molecule has 4 atom stereocenters. The van der Waals surface area contributed by atoms with E-state index < -0.39 is 11.6 Å². The highest BCUT2D eigenvalue weighted by Gasteiger charge is 2.62. The number of ether oxygens (including phenoxy) is 1. The van der Waals surface area contributed by atoms with Crippen molar-refractivity contribution >= 4 is 5.91 Å². The standard InChI is InChI=1S/C20H33NO4.C2H6/c1-14-9-15-11-16(10-14)20(12-15)23-19(24-25-20)5-7-21(8-6-19)17(22)13-18(2,3)4;1-2/h14-16H,5-13H2,1-4H3;1-2H3. The number of carbonyl (C=O) groups excluding carboxylic acids is 1. The summed E-state index contributed by atoms with van der Waals surface area (Å²) in [5.41, 5.74) is 0.0256. The largest absolute Gasteiger partial charge is 0.342 e. The van der Waals surface area contributed by atoms with Gasteiger partial charge in [0.1, 0.15) is 0 Å². The van der Waals surface area contributed by atoms with E-state index in [0.29, 0.717) is 44.2 Å². The maximum Gasteiger partial charge on any atom is 0.223 e. The minimum atomic E-state index is -0.640. The lowest BCUT2D eigenvalue weighted by Gasteiger charge is -2.38. The third-order valence-electron chi connectivity index (χ3n) is 6.49. The fourth-order valence-electron chi connectivity index (χ4n) is 5.41. The number of nitrogens with zero attached hydrogens (tertiary/aromatic N) is 1. The summed E-state index contributed by atoms with van der Waals surface area (Å²) in [5, 5.41) is 0. The molecule has 0 aromatic heterocycles. The summed E-state index contributed by atoms with van der Waals surface area (Å²) in [6.07, 6.45) is 6.63. The molecule has 4 unspecified atom stereocenters. The molecule has 0 aromatic rings. The van der Waals surface area contributed by atoms with E-state index in [1.54, 1.807) is 0 Å². The van der Waals surface area contributed by atoms with E-state index in [9.17, 15) is 4.79 Å². The zero-order chi connectivity index (χ0) is 19.9. The summed E-state index contributed by atoms with van der Waals surface area (Å²) in [7, 11) is 0. The first-order chi connectivity index (χ1) is 12.7. The third kappa shape index (κ3) is 4.35. The van der Waals surface area contributed by atoms with Crippen LogP contribution in [0, 0.1) is 23.2 Å². The van der Waals surface area contributed by atoms with Crippen LogP contribution in [0.25, 0.3) is 0 Å². The Balaban J connectivity index is 0.00000102. The van der Waals surface area contributed by atoms with Gasteiger partial charge in [-0.2, -0.15) is 9.78 Å². The quantitative estimate of drug-likeness (QED) is 0.606. The fraction of sp³-hybridized carbons (Fsp3) is 0.955. The fourth-order valence-corrected chi connectivity index (χ4v) is 5.41. The van der Waals surface area contributed by atoms with Gasteiger partial charge in [-0.1, -0.05) is 41.5 Å². The molecule has 27 heavy (non-hydrogen) atoms. The van der Waals surface area contributed by atoms with Gasteiger partial charge in [0, 0.05) is 44.7 Å². The lowest BCUT2D eigenvalue weighted by molar-refractivity contribution is -0.360. The van der Waals surface area contributed by atoms with Gasteiger partial charge in [0.25, 0.3) is 0 Å². The second-order valence-corrected chi connectivity index (χ2v) is 10.2. The number of amides is 1. The molecule has 2 aliphatic carbocycles. The Bertz CT molecular complexity index is 535. The molecule has 156 valence electrons. The van der Waals surface area contributed by atoms with Crippen LogP contribution in [-0.4, -0.2) is 35.5 Å². The number of piperidine rings is 1. The highest BCUT2D eigenvalue weighted by molar-refractivity contribution is 5.76. The molecule has 2 heterocycles. The topological polar surface area (TPSA) is 48.0 Å². The number of rotatable bonds is 1. The molecule has 4 fully saturated rings. The van der Waals surface area contributed by atoms with Crippen molar-refractivity contribution in [1.82, 2.24) is 4.90 Å². The molecule has 2 saturated carbocycles. The van der Waals surface area contributed by atoms with Gasteiger partial charge in [-0.05, 0) is 36.5 Å². The average molecular weight is 382 g/mol. The summed E-state index contributed by atoms with van der Waals surface area (Å²) in [6.45, 7) is 14.0. The smallest absolute Gasteiger partial charge is 0.223 e. The molecule has 2 bridgehead atoms. The summed E-state index contributed by atoms with van der Waals surface area (Å²) in [5.74, 6) is 0.999. The Morgan fingerprint density at radius 3 is 2.37 bits per heavy atom. The number of hydrogen-bond donors (Lipinski definition) is 0. The second kappa shape index (κ2) is 7.64. The molecule has 2 spiro atoms. The highest BCUT2D eigenvalue weighted by atomic mass is 17.3. The van der Waals surface area contributed by atoms with E-state index in [2.05, 4.69) is 27.7 Å². The molecule has 4 rings (SSSR count). The summed E-state index contributed by atoms with van der Waals surface area (Å²) < 4.78 is 6.55. The van der Waals surface area contributed by atoms with Gasteiger partial charge in [0.05, 0.1) is 0 Å². The normalized spacial score (nSPS) is 37.4. The Kier molecular flexibility index (Phi) is 5.96. The maximum atomic E-state index is 12.5. The number of likely N-dealkylation sites (tertiary alicyclic amines) is 1. The molecule has 1 amide bonds. The molecular weight excluding hydrogens is 342 g/mol. The van der Waals surface area contributed by atoms with Crippen LogP contribution in [0.5, 0.6) is 0 Å². The van der Waals surface area contributed by atoms with Gasteiger partial charge in [-0.3, -0.25) is 4.79 Å². The zero-order valence-corrected chi connectivity index (χ0v) is 18.2. The SMILES string of the molecule is CC.CC1CC2CC(C1)C1(C2)OOC2(CCN(C(=O)CC(C)(C)C)CC2)O1. The van der Waals surface area contributed by atoms with Crippen molar-refractivity contribution < 1.29 is 19.3 Å². The predicted octanol–water partition coefficient (Wildman–Crippen LogP) is 4.90. The van der Waals surface area contributed by atoms with E-state index >= 15 is 0 Å². The molecule has 0 aromatic carbocycles. The van der Waals surface area contributed by atoms with Crippen LogP contribution in [0.1, 0.15) is 86.5 Å². The Hall–Kier alpha value is -0.650. The molecule has 0 N–H and O–H groups in total. The van der Waals surface area contributed by atoms with Gasteiger partial charge in [0.15, 0.2) is 0 Å². The molecule has 5 nitrogen and oxygen atoms in total. The van der Waals surface area contributed by atoms with Crippen molar-refractivity contribution in [3.63, 3.8) is 0 Å². The van der Waals surface area contributed by atoms with Crippen LogP contribution in [0.15, 0.2) is 0 Å². The van der Waals surface area contributed by atoms with Gasteiger partial charge in [-0.25, -0.2) is 0 Å². The Morgan fingerprint density at radius 1 is 1.07 bits per heavy atom. The van der Waals surface area contributed by atoms with Crippen LogP contribution in [0.2, 0.25) is 0 Å². The number of fused-ring (bicyclic) bond motifs is 3. The molecule has 0 radical (unpaired) electrons. The first kappa shape index (κ1) is 21.1. The lowest BCUT2D eigenvalue weighted by Crippen LogP contribution is -2.49. The van der Waals surface area contributed by atoms with Crippen LogP contribution < -0.4 is 0 Å². The second-order valence-electron chi connectivity index (χ2n) is 10.2. The van der Waals surface area contributed by atoms with Crippen LogP contribution in [-0.2, 0) is 19.3 Å². The van der Waals surface area contributed by atoms with Crippen molar-refractivity contribution in [3.8, 4) is 0 Å². The van der Waals surface area contributed by atoms with Crippen LogP contribution >= 0.6 is 0 Å². The first-order valence-electron chi connectivity index (χ1n) is 11.0. The summed E-state index contributed by atoms with van der Waals surface area (Å²) in [6, 6.07) is 0. The van der Waals surface area contributed by atoms with Gasteiger partial charge >= 0.3 is 0 Å². The van der Waals surface area contributed by atoms with Gasteiger partial charge in [0.2, 0.25) is 17.5 Å². The van der Waals surface area contributed by atoms with E-state index in [-0.39, 0.29) is 11.3 Å². The lowest BCUT2D eigenvalue weighted by atomic mass is 9.81. The van der Waals surface area contributed by atoms with Gasteiger partial charge in [-0.15, -0.1) is 0 Å². The van der Waals surface area contributed by atoms with E-state index in [4.69, 9.17) is 14.5 Å². The van der Waals surface area contributed by atoms with E-state index in [0.717, 1.165) is 12.3 Å². The van der Waals surface area contributed by atoms with Crippen molar-refractivity contribution in [1.29, 1.82) is 0 Å². The first-order valence-corrected chi connectivity index (χ1v) is 11.0. The van der Waals surface area contributed by atoms with Crippen molar-refractivity contribution in [2.45, 2.75) is 98.1 Å². The summed E-state index contributed by atoms with van der Waals surface area (Å²) >= 11 is 0. The highest BCUT2D eigenvalue weighted by Crippen LogP contribution is 2.57. The number of carbonyl (C=O) groups is 1. The molecule has 5 heteroatoms. The number of hydrogen-bond acceptors (Lipinski definition) is 4. The molecular formula is C22H39NO4. The van der Waals surface area contributed by atoms with Crippen molar-refractivity contribution in [3.05, 3.63) is 0 Å². The predicted molar refractivity (Wildman–Crippen MR) is 105 cm³/mol. The van der Waals surface area contributed by atoms with E-state index in [1.807, 2.05) is 18.7 Å². The molecule has 2 aliphatic heterocycles. The average Bonchev–Trinajstić information content (AvgIpc) is 3.06. The Labute approximate surface area is 165 Å². The van der Waals surface area contributed by atoms with Crippen LogP contribution in [0.3, 0.4) is 0 Å². The maximum absolute atomic E-state index is 12.5. The minimum Gasteiger partial charge on any atom is -0.342 e. The van der Waals surface area contributed by atoms with E-state index in [1.165, 1.54) is 19.3 Å². The van der Waals surface area contributed by atoms with Crippen LogP contribution in [0.4, 0.5) is 0 Å². The van der Waals surface area contributed by atoms with Crippen molar-refractivity contribution in [2.75, 3.05) is 13.1 Å². The van der Waals surface area contributed by atoms with Crippen molar-refractivity contribution in [2.24, 2.45) is 23.2 Å². The molecule has 4 aliphatic rings. The minimum absolute atomic E-state index is 0.0256. The van der Waals surface area contributed by atoms with Gasteiger partial charge < -0.3 is 9.64 Å². The monoisotopic (exact) mass is 381 g/mol.